The molecule has 3 heteroatoms. The lowest BCUT2D eigenvalue weighted by Gasteiger charge is -2.30. The quantitative estimate of drug-likeness (QED) is 0.728. The van der Waals surface area contributed by atoms with Gasteiger partial charge in [-0.15, -0.1) is 0 Å². The van der Waals surface area contributed by atoms with Crippen LogP contribution in [-0.2, 0) is 6.54 Å². The highest BCUT2D eigenvalue weighted by Gasteiger charge is 2.26. The smallest absolute Gasteiger partial charge is 0.122 e. The standard InChI is InChI=1S/C15H25NO2/c1-5-12(3)15(4,18)10-16-9-13-8-6-7-11(2)14(13)17/h6-8,12,16-18H,5,9-10H2,1-4H3. The summed E-state index contributed by atoms with van der Waals surface area (Å²) < 4.78 is 0. The molecule has 0 heterocycles. The van der Waals surface area contributed by atoms with Crippen LogP contribution in [0, 0.1) is 12.8 Å². The molecule has 0 spiro atoms. The third-order valence-corrected chi connectivity index (χ3v) is 3.79. The van der Waals surface area contributed by atoms with Gasteiger partial charge in [0.25, 0.3) is 0 Å². The second-order valence-corrected chi connectivity index (χ2v) is 5.35. The van der Waals surface area contributed by atoms with E-state index in [1.54, 1.807) is 0 Å². The maximum absolute atomic E-state index is 10.3. The number of aryl methyl sites for hydroxylation is 1. The number of para-hydroxylation sites is 1. The molecule has 3 N–H and O–H groups in total. The van der Waals surface area contributed by atoms with Crippen molar-refractivity contribution in [3.8, 4) is 5.75 Å². The van der Waals surface area contributed by atoms with Crippen molar-refractivity contribution in [1.82, 2.24) is 5.32 Å². The molecule has 2 atom stereocenters. The lowest BCUT2D eigenvalue weighted by Crippen LogP contribution is -2.42. The van der Waals surface area contributed by atoms with Gasteiger partial charge >= 0.3 is 0 Å². The molecule has 0 aliphatic carbocycles. The Hall–Kier alpha value is -1.06. The van der Waals surface area contributed by atoms with Gasteiger partial charge in [-0.05, 0) is 25.3 Å². The number of phenols is 1. The Bertz CT molecular complexity index is 388. The Morgan fingerprint density at radius 3 is 2.67 bits per heavy atom. The van der Waals surface area contributed by atoms with E-state index in [4.69, 9.17) is 0 Å². The first-order valence-corrected chi connectivity index (χ1v) is 6.59. The van der Waals surface area contributed by atoms with E-state index in [1.165, 1.54) is 0 Å². The highest BCUT2D eigenvalue weighted by molar-refractivity contribution is 5.39. The summed E-state index contributed by atoms with van der Waals surface area (Å²) in [6.07, 6.45) is 0.949. The van der Waals surface area contributed by atoms with E-state index >= 15 is 0 Å². The van der Waals surface area contributed by atoms with E-state index in [2.05, 4.69) is 12.2 Å². The molecule has 1 aromatic rings. The monoisotopic (exact) mass is 251 g/mol. The summed E-state index contributed by atoms with van der Waals surface area (Å²) >= 11 is 0. The van der Waals surface area contributed by atoms with E-state index < -0.39 is 5.60 Å². The minimum absolute atomic E-state index is 0.246. The molecule has 1 aromatic carbocycles. The van der Waals surface area contributed by atoms with Crippen LogP contribution in [0.2, 0.25) is 0 Å². The molecule has 3 nitrogen and oxygen atoms in total. The molecule has 0 saturated carbocycles. The van der Waals surface area contributed by atoms with Crippen LogP contribution in [0.15, 0.2) is 18.2 Å². The topological polar surface area (TPSA) is 52.5 Å². The van der Waals surface area contributed by atoms with Crippen molar-refractivity contribution in [2.24, 2.45) is 5.92 Å². The molecule has 18 heavy (non-hydrogen) atoms. The van der Waals surface area contributed by atoms with Gasteiger partial charge in [0.1, 0.15) is 5.75 Å². The van der Waals surface area contributed by atoms with Crippen LogP contribution >= 0.6 is 0 Å². The van der Waals surface area contributed by atoms with Gasteiger partial charge in [0, 0.05) is 18.7 Å². The summed E-state index contributed by atoms with van der Waals surface area (Å²) in [7, 11) is 0. The lowest BCUT2D eigenvalue weighted by atomic mass is 9.88. The molecule has 2 unspecified atom stereocenters. The minimum Gasteiger partial charge on any atom is -0.507 e. The predicted molar refractivity (Wildman–Crippen MR) is 74.6 cm³/mol. The summed E-state index contributed by atoms with van der Waals surface area (Å²) in [6, 6.07) is 5.71. The maximum atomic E-state index is 10.3. The molecule has 0 amide bonds. The van der Waals surface area contributed by atoms with Gasteiger partial charge < -0.3 is 15.5 Å². The summed E-state index contributed by atoms with van der Waals surface area (Å²) in [5.74, 6) is 0.587. The Morgan fingerprint density at radius 2 is 2.06 bits per heavy atom. The van der Waals surface area contributed by atoms with Crippen molar-refractivity contribution in [2.75, 3.05) is 6.54 Å². The van der Waals surface area contributed by atoms with Crippen molar-refractivity contribution >= 4 is 0 Å². The Kier molecular flexibility index (Phi) is 5.17. The van der Waals surface area contributed by atoms with Crippen LogP contribution in [-0.4, -0.2) is 22.4 Å². The first-order chi connectivity index (χ1) is 8.38. The molecule has 0 aliphatic rings. The maximum Gasteiger partial charge on any atom is 0.122 e. The van der Waals surface area contributed by atoms with E-state index in [0.29, 0.717) is 18.8 Å². The van der Waals surface area contributed by atoms with Gasteiger partial charge in [-0.1, -0.05) is 38.5 Å². The number of rotatable bonds is 6. The Labute approximate surface area is 110 Å². The number of hydrogen-bond donors (Lipinski definition) is 3. The van der Waals surface area contributed by atoms with Crippen LogP contribution in [0.5, 0.6) is 5.75 Å². The zero-order valence-corrected chi connectivity index (χ0v) is 11.8. The van der Waals surface area contributed by atoms with Crippen molar-refractivity contribution in [3.63, 3.8) is 0 Å². The van der Waals surface area contributed by atoms with Crippen molar-refractivity contribution < 1.29 is 10.2 Å². The number of aliphatic hydroxyl groups is 1. The fourth-order valence-corrected chi connectivity index (χ4v) is 1.93. The second-order valence-electron chi connectivity index (χ2n) is 5.35. The Morgan fingerprint density at radius 1 is 1.39 bits per heavy atom. The zero-order valence-electron chi connectivity index (χ0n) is 11.8. The number of aromatic hydroxyl groups is 1. The van der Waals surface area contributed by atoms with Gasteiger partial charge in [0.15, 0.2) is 0 Å². The fraction of sp³-hybridized carbons (Fsp3) is 0.600. The molecule has 1 rings (SSSR count). The van der Waals surface area contributed by atoms with Gasteiger partial charge in [0.05, 0.1) is 5.60 Å². The molecular weight excluding hydrogens is 226 g/mol. The molecular formula is C15H25NO2. The minimum atomic E-state index is -0.714. The third kappa shape index (κ3) is 3.72. The molecule has 0 aliphatic heterocycles. The Balaban J connectivity index is 2.54. The van der Waals surface area contributed by atoms with Gasteiger partial charge in [-0.3, -0.25) is 0 Å². The number of hydrogen-bond acceptors (Lipinski definition) is 3. The molecule has 102 valence electrons. The summed E-state index contributed by atoms with van der Waals surface area (Å²) in [5, 5.41) is 23.4. The second kappa shape index (κ2) is 6.21. The van der Waals surface area contributed by atoms with Crippen LogP contribution in [0.4, 0.5) is 0 Å². The average Bonchev–Trinajstić information content (AvgIpc) is 2.33. The first-order valence-electron chi connectivity index (χ1n) is 6.59. The highest BCUT2D eigenvalue weighted by Crippen LogP contribution is 2.22. The van der Waals surface area contributed by atoms with E-state index in [9.17, 15) is 10.2 Å². The largest absolute Gasteiger partial charge is 0.507 e. The molecule has 0 fully saturated rings. The van der Waals surface area contributed by atoms with E-state index in [1.807, 2.05) is 39.0 Å². The summed E-state index contributed by atoms with van der Waals surface area (Å²) in [4.78, 5) is 0. The van der Waals surface area contributed by atoms with Crippen LogP contribution < -0.4 is 5.32 Å². The summed E-state index contributed by atoms with van der Waals surface area (Å²) in [6.45, 7) is 8.95. The lowest BCUT2D eigenvalue weighted by molar-refractivity contribution is 0.00531. The first kappa shape index (κ1) is 15.0. The third-order valence-electron chi connectivity index (χ3n) is 3.79. The molecule has 0 saturated heterocycles. The van der Waals surface area contributed by atoms with Crippen molar-refractivity contribution in [1.29, 1.82) is 0 Å². The van der Waals surface area contributed by atoms with E-state index in [-0.39, 0.29) is 5.92 Å². The van der Waals surface area contributed by atoms with Crippen LogP contribution in [0.3, 0.4) is 0 Å². The molecule has 0 radical (unpaired) electrons. The van der Waals surface area contributed by atoms with Gasteiger partial charge in [-0.25, -0.2) is 0 Å². The highest BCUT2D eigenvalue weighted by atomic mass is 16.3. The zero-order chi connectivity index (χ0) is 13.8. The van der Waals surface area contributed by atoms with Crippen molar-refractivity contribution in [2.45, 2.75) is 46.3 Å². The molecule has 0 bridgehead atoms. The normalized spacial score (nSPS) is 16.3. The number of nitrogens with one attached hydrogen (secondary N) is 1. The van der Waals surface area contributed by atoms with E-state index in [0.717, 1.165) is 17.5 Å². The fourth-order valence-electron chi connectivity index (χ4n) is 1.93. The predicted octanol–water partition coefficient (Wildman–Crippen LogP) is 2.59. The van der Waals surface area contributed by atoms with Crippen molar-refractivity contribution in [3.05, 3.63) is 29.3 Å². The van der Waals surface area contributed by atoms with Gasteiger partial charge in [0.2, 0.25) is 0 Å². The molecule has 0 aromatic heterocycles. The number of phenolic OH excluding ortho intramolecular Hbond substituents is 1. The van der Waals surface area contributed by atoms with Gasteiger partial charge in [-0.2, -0.15) is 0 Å². The van der Waals surface area contributed by atoms with Crippen LogP contribution in [0.25, 0.3) is 0 Å². The average molecular weight is 251 g/mol. The SMILES string of the molecule is CCC(C)C(C)(O)CNCc1cccc(C)c1O. The van der Waals surface area contributed by atoms with Crippen LogP contribution in [0.1, 0.15) is 38.3 Å². The summed E-state index contributed by atoms with van der Waals surface area (Å²) in [5.41, 5.74) is 1.03. The number of benzene rings is 1.